The molecule has 0 fully saturated rings. The molecule has 0 saturated heterocycles. The van der Waals surface area contributed by atoms with E-state index in [1.165, 1.54) is 0 Å². The van der Waals surface area contributed by atoms with Gasteiger partial charge in [0.15, 0.2) is 0 Å². The first-order chi connectivity index (χ1) is 10.3. The van der Waals surface area contributed by atoms with Crippen molar-refractivity contribution in [3.8, 4) is 11.3 Å². The second-order valence-corrected chi connectivity index (χ2v) is 4.83. The Morgan fingerprint density at radius 1 is 1.05 bits per heavy atom. The van der Waals surface area contributed by atoms with Crippen molar-refractivity contribution < 1.29 is 5.11 Å². The van der Waals surface area contributed by atoms with E-state index in [0.29, 0.717) is 13.0 Å². The summed E-state index contributed by atoms with van der Waals surface area (Å²) in [5.74, 6) is 0. The summed E-state index contributed by atoms with van der Waals surface area (Å²) in [5.41, 5.74) is 4.07. The predicted octanol–water partition coefficient (Wildman–Crippen LogP) is 1.92. The van der Waals surface area contributed by atoms with Crippen LogP contribution in [0.15, 0.2) is 55.0 Å². The topological polar surface area (TPSA) is 63.8 Å². The van der Waals surface area contributed by atoms with Crippen LogP contribution in [0.25, 0.3) is 11.3 Å². The van der Waals surface area contributed by atoms with E-state index in [1.54, 1.807) is 12.4 Å². The molecule has 0 aliphatic carbocycles. The van der Waals surface area contributed by atoms with Gasteiger partial charge in [0, 0.05) is 24.6 Å². The Balaban J connectivity index is 1.72. The van der Waals surface area contributed by atoms with Gasteiger partial charge in [0.1, 0.15) is 5.69 Å². The van der Waals surface area contributed by atoms with Crippen molar-refractivity contribution in [3.05, 3.63) is 66.1 Å². The lowest BCUT2D eigenvalue weighted by atomic mass is 10.1. The molecule has 0 amide bonds. The molecule has 0 unspecified atom stereocenters. The summed E-state index contributed by atoms with van der Waals surface area (Å²) in [5, 5.41) is 17.2. The second kappa shape index (κ2) is 6.28. The highest BCUT2D eigenvalue weighted by molar-refractivity contribution is 5.55. The van der Waals surface area contributed by atoms with Crippen molar-refractivity contribution >= 4 is 0 Å². The molecule has 3 aromatic rings. The van der Waals surface area contributed by atoms with Gasteiger partial charge in [-0.05, 0) is 29.7 Å². The standard InChI is InChI=1S/C16H16N4O/c21-9-7-13-3-5-14(6-4-13)11-20-12-16(18-19-20)15-2-1-8-17-10-15/h1-6,8,10,12,21H,7,9,11H2. The number of benzene rings is 1. The van der Waals surface area contributed by atoms with Gasteiger partial charge in [-0.1, -0.05) is 29.5 Å². The van der Waals surface area contributed by atoms with Crippen LogP contribution < -0.4 is 0 Å². The van der Waals surface area contributed by atoms with Gasteiger partial charge in [-0.25, -0.2) is 4.68 Å². The van der Waals surface area contributed by atoms with Gasteiger partial charge in [0.2, 0.25) is 0 Å². The number of hydrogen-bond donors (Lipinski definition) is 1. The van der Waals surface area contributed by atoms with Gasteiger partial charge in [-0.15, -0.1) is 5.10 Å². The summed E-state index contributed by atoms with van der Waals surface area (Å²) in [4.78, 5) is 4.08. The molecule has 2 aromatic heterocycles. The van der Waals surface area contributed by atoms with Crippen LogP contribution in [0.5, 0.6) is 0 Å². The Bertz CT molecular complexity index is 692. The number of rotatable bonds is 5. The fourth-order valence-electron chi connectivity index (χ4n) is 2.15. The molecular weight excluding hydrogens is 264 g/mol. The smallest absolute Gasteiger partial charge is 0.114 e. The third-order valence-electron chi connectivity index (χ3n) is 3.26. The SMILES string of the molecule is OCCc1ccc(Cn2cc(-c3cccnc3)nn2)cc1. The molecule has 0 aliphatic rings. The minimum absolute atomic E-state index is 0.177. The van der Waals surface area contributed by atoms with Crippen molar-refractivity contribution in [2.45, 2.75) is 13.0 Å². The van der Waals surface area contributed by atoms with E-state index in [0.717, 1.165) is 22.4 Å². The Morgan fingerprint density at radius 2 is 1.86 bits per heavy atom. The monoisotopic (exact) mass is 280 g/mol. The maximum absolute atomic E-state index is 8.91. The summed E-state index contributed by atoms with van der Waals surface area (Å²) >= 11 is 0. The Hall–Kier alpha value is -2.53. The van der Waals surface area contributed by atoms with Crippen molar-refractivity contribution in [3.63, 3.8) is 0 Å². The number of aliphatic hydroxyl groups is 1. The quantitative estimate of drug-likeness (QED) is 0.775. The van der Waals surface area contributed by atoms with Gasteiger partial charge in [0.05, 0.1) is 12.7 Å². The molecule has 1 N–H and O–H groups in total. The van der Waals surface area contributed by atoms with E-state index in [9.17, 15) is 0 Å². The normalized spacial score (nSPS) is 10.7. The highest BCUT2D eigenvalue weighted by Gasteiger charge is 2.04. The fourth-order valence-corrected chi connectivity index (χ4v) is 2.15. The molecule has 0 bridgehead atoms. The maximum atomic E-state index is 8.91. The van der Waals surface area contributed by atoms with Crippen LogP contribution in [0.4, 0.5) is 0 Å². The van der Waals surface area contributed by atoms with Gasteiger partial charge >= 0.3 is 0 Å². The molecule has 0 radical (unpaired) electrons. The zero-order valence-electron chi connectivity index (χ0n) is 11.6. The first kappa shape index (κ1) is 13.5. The lowest BCUT2D eigenvalue weighted by Crippen LogP contribution is -2.00. The van der Waals surface area contributed by atoms with E-state index in [1.807, 2.05) is 35.1 Å². The summed E-state index contributed by atoms with van der Waals surface area (Å²) < 4.78 is 1.81. The Morgan fingerprint density at radius 3 is 2.57 bits per heavy atom. The molecule has 106 valence electrons. The summed E-state index contributed by atoms with van der Waals surface area (Å²) in [7, 11) is 0. The third kappa shape index (κ3) is 3.32. The largest absolute Gasteiger partial charge is 0.396 e. The van der Waals surface area contributed by atoms with E-state index in [-0.39, 0.29) is 6.61 Å². The Labute approximate surface area is 122 Å². The molecule has 0 saturated carbocycles. The zero-order valence-corrected chi connectivity index (χ0v) is 11.6. The number of aromatic nitrogens is 4. The van der Waals surface area contributed by atoms with E-state index < -0.39 is 0 Å². The molecule has 1 aromatic carbocycles. The fraction of sp³-hybridized carbons (Fsp3) is 0.188. The summed E-state index contributed by atoms with van der Waals surface area (Å²) in [6, 6.07) is 12.0. The van der Waals surface area contributed by atoms with Gasteiger partial charge in [-0.2, -0.15) is 0 Å². The van der Waals surface area contributed by atoms with E-state index in [4.69, 9.17) is 5.11 Å². The number of hydrogen-bond acceptors (Lipinski definition) is 4. The van der Waals surface area contributed by atoms with Crippen molar-refractivity contribution in [1.82, 2.24) is 20.0 Å². The van der Waals surface area contributed by atoms with Gasteiger partial charge in [0.25, 0.3) is 0 Å². The number of aliphatic hydroxyl groups excluding tert-OH is 1. The first-order valence-electron chi connectivity index (χ1n) is 6.84. The van der Waals surface area contributed by atoms with Crippen molar-refractivity contribution in [2.75, 3.05) is 6.61 Å². The van der Waals surface area contributed by atoms with Crippen molar-refractivity contribution in [1.29, 1.82) is 0 Å². The molecule has 21 heavy (non-hydrogen) atoms. The molecule has 3 rings (SSSR count). The van der Waals surface area contributed by atoms with E-state index in [2.05, 4.69) is 27.4 Å². The lowest BCUT2D eigenvalue weighted by molar-refractivity contribution is 0.299. The number of nitrogens with zero attached hydrogens (tertiary/aromatic N) is 4. The third-order valence-corrected chi connectivity index (χ3v) is 3.26. The highest BCUT2D eigenvalue weighted by atomic mass is 16.2. The molecule has 5 nitrogen and oxygen atoms in total. The average Bonchev–Trinajstić information content (AvgIpc) is 2.99. The molecule has 5 heteroatoms. The molecule has 2 heterocycles. The summed E-state index contributed by atoms with van der Waals surface area (Å²) in [6.45, 7) is 0.851. The van der Waals surface area contributed by atoms with Crippen LogP contribution in [0.3, 0.4) is 0 Å². The number of pyridine rings is 1. The first-order valence-corrected chi connectivity index (χ1v) is 6.84. The molecule has 0 atom stereocenters. The highest BCUT2D eigenvalue weighted by Crippen LogP contribution is 2.14. The summed E-state index contributed by atoms with van der Waals surface area (Å²) in [6.07, 6.45) is 6.12. The molecular formula is C16H16N4O. The second-order valence-electron chi connectivity index (χ2n) is 4.83. The molecule has 0 aliphatic heterocycles. The Kier molecular flexibility index (Phi) is 4.02. The van der Waals surface area contributed by atoms with E-state index >= 15 is 0 Å². The van der Waals surface area contributed by atoms with Crippen LogP contribution in [-0.4, -0.2) is 31.7 Å². The minimum Gasteiger partial charge on any atom is -0.396 e. The van der Waals surface area contributed by atoms with Crippen LogP contribution in [0.1, 0.15) is 11.1 Å². The van der Waals surface area contributed by atoms with Crippen LogP contribution in [-0.2, 0) is 13.0 Å². The van der Waals surface area contributed by atoms with Crippen LogP contribution >= 0.6 is 0 Å². The minimum atomic E-state index is 0.177. The van der Waals surface area contributed by atoms with Gasteiger partial charge in [-0.3, -0.25) is 4.98 Å². The van der Waals surface area contributed by atoms with Gasteiger partial charge < -0.3 is 5.11 Å². The predicted molar refractivity (Wildman–Crippen MR) is 79.6 cm³/mol. The lowest BCUT2D eigenvalue weighted by Gasteiger charge is -2.03. The maximum Gasteiger partial charge on any atom is 0.114 e. The molecule has 0 spiro atoms. The zero-order chi connectivity index (χ0) is 14.5. The van der Waals surface area contributed by atoms with Crippen molar-refractivity contribution in [2.24, 2.45) is 0 Å². The van der Waals surface area contributed by atoms with Crippen LogP contribution in [0.2, 0.25) is 0 Å². The van der Waals surface area contributed by atoms with Crippen LogP contribution in [0, 0.1) is 0 Å². The average molecular weight is 280 g/mol.